The molecule has 1 heterocycles. The maximum absolute atomic E-state index is 12.7. The van der Waals surface area contributed by atoms with Crippen molar-refractivity contribution >= 4 is 23.4 Å². The largest absolute Gasteiger partial charge is 0.336 e. The molecule has 0 spiro atoms. The Morgan fingerprint density at radius 1 is 1.16 bits per heavy atom. The summed E-state index contributed by atoms with van der Waals surface area (Å²) in [6.07, 6.45) is 4.41. The summed E-state index contributed by atoms with van der Waals surface area (Å²) in [6.45, 7) is 5.36. The second kappa shape index (κ2) is 9.61. The molecule has 2 aliphatic rings. The van der Waals surface area contributed by atoms with Gasteiger partial charge in [-0.25, -0.2) is 9.59 Å². The van der Waals surface area contributed by atoms with Crippen LogP contribution in [0.3, 0.4) is 0 Å². The van der Waals surface area contributed by atoms with Gasteiger partial charge in [0.25, 0.3) is 0 Å². The Morgan fingerprint density at radius 3 is 2.59 bits per heavy atom. The summed E-state index contributed by atoms with van der Waals surface area (Å²) in [5.41, 5.74) is 2.59. The fraction of sp³-hybridized carbons (Fsp3) is 0.440. The third kappa shape index (κ3) is 5.05. The summed E-state index contributed by atoms with van der Waals surface area (Å²) in [7, 11) is 0. The van der Waals surface area contributed by atoms with Crippen LogP contribution in [-0.4, -0.2) is 36.7 Å². The lowest BCUT2D eigenvalue weighted by molar-refractivity contribution is 0.240. The zero-order chi connectivity index (χ0) is 22.6. The highest BCUT2D eigenvalue weighted by Crippen LogP contribution is 2.32. The van der Waals surface area contributed by atoms with Crippen molar-refractivity contribution in [1.29, 1.82) is 0 Å². The number of hydrogen-bond acceptors (Lipinski definition) is 3. The number of hydrogen-bond donors (Lipinski definition) is 4. The van der Waals surface area contributed by atoms with Crippen LogP contribution in [0.5, 0.6) is 0 Å². The fourth-order valence-electron chi connectivity index (χ4n) is 4.85. The molecule has 1 saturated carbocycles. The first-order chi connectivity index (χ1) is 15.5. The minimum atomic E-state index is -0.235. The first-order valence-electron chi connectivity index (χ1n) is 11.5. The smallest absolute Gasteiger partial charge is 0.322 e. The minimum Gasteiger partial charge on any atom is -0.336 e. The van der Waals surface area contributed by atoms with Crippen LogP contribution >= 0.6 is 0 Å². The molecule has 0 radical (unpaired) electrons. The van der Waals surface area contributed by atoms with Crippen LogP contribution in [0.1, 0.15) is 51.1 Å². The molecule has 0 bridgehead atoms. The standard InChI is InChI=1S/C25H33N5O2/c1-18-16-26-24(32)30(18)22-12-8-11-21(15-22)28-23(31)27-17-25(13-6-7-14-25)29-19(2)20-9-4-3-5-10-20/h3-5,8-12,15,18-19,29H,6-7,13-14,16-17H2,1-2H3,(H,26,32)(H2,27,28,31). The van der Waals surface area contributed by atoms with Gasteiger partial charge in [-0.15, -0.1) is 0 Å². The number of carbonyl (C=O) groups excluding carboxylic acids is 2. The van der Waals surface area contributed by atoms with Gasteiger partial charge in [-0.3, -0.25) is 4.90 Å². The van der Waals surface area contributed by atoms with Gasteiger partial charge < -0.3 is 21.3 Å². The molecule has 170 valence electrons. The Bertz CT molecular complexity index is 942. The quantitative estimate of drug-likeness (QED) is 0.520. The Hall–Kier alpha value is -3.06. The van der Waals surface area contributed by atoms with E-state index in [0.717, 1.165) is 31.4 Å². The van der Waals surface area contributed by atoms with Crippen molar-refractivity contribution in [2.45, 2.75) is 57.2 Å². The van der Waals surface area contributed by atoms with Gasteiger partial charge in [0.05, 0.1) is 6.04 Å². The van der Waals surface area contributed by atoms with Gasteiger partial charge in [0, 0.05) is 36.0 Å². The van der Waals surface area contributed by atoms with Gasteiger partial charge in [-0.1, -0.05) is 49.2 Å². The molecule has 1 aliphatic heterocycles. The number of benzene rings is 2. The van der Waals surface area contributed by atoms with Crippen molar-refractivity contribution in [2.24, 2.45) is 0 Å². The highest BCUT2D eigenvalue weighted by atomic mass is 16.2. The predicted octanol–water partition coefficient (Wildman–Crippen LogP) is 4.39. The van der Waals surface area contributed by atoms with Crippen molar-refractivity contribution in [1.82, 2.24) is 16.0 Å². The highest BCUT2D eigenvalue weighted by Gasteiger charge is 2.35. The molecular weight excluding hydrogens is 402 g/mol. The Balaban J connectivity index is 1.36. The third-order valence-electron chi connectivity index (χ3n) is 6.56. The van der Waals surface area contributed by atoms with Gasteiger partial charge in [-0.2, -0.15) is 0 Å². The molecule has 0 aromatic heterocycles. The van der Waals surface area contributed by atoms with Gasteiger partial charge in [0.1, 0.15) is 0 Å². The molecule has 2 atom stereocenters. The summed E-state index contributed by atoms with van der Waals surface area (Å²) in [6, 6.07) is 17.8. The first kappa shape index (κ1) is 22.1. The Labute approximate surface area is 190 Å². The van der Waals surface area contributed by atoms with E-state index in [1.54, 1.807) is 4.90 Å². The van der Waals surface area contributed by atoms with E-state index >= 15 is 0 Å². The molecule has 2 unspecified atom stereocenters. The Kier molecular flexibility index (Phi) is 6.65. The monoisotopic (exact) mass is 435 g/mol. The number of anilines is 2. The van der Waals surface area contributed by atoms with E-state index in [9.17, 15) is 9.59 Å². The lowest BCUT2D eigenvalue weighted by Gasteiger charge is -2.34. The molecule has 7 nitrogen and oxygen atoms in total. The van der Waals surface area contributed by atoms with Crippen LogP contribution in [0.15, 0.2) is 54.6 Å². The van der Waals surface area contributed by atoms with Crippen molar-refractivity contribution in [3.63, 3.8) is 0 Å². The number of nitrogens with one attached hydrogen (secondary N) is 4. The number of urea groups is 2. The average molecular weight is 436 g/mol. The van der Waals surface area contributed by atoms with E-state index in [1.807, 2.05) is 37.3 Å². The van der Waals surface area contributed by atoms with E-state index in [2.05, 4.69) is 52.5 Å². The molecular formula is C25H33N5O2. The van der Waals surface area contributed by atoms with Crippen LogP contribution in [-0.2, 0) is 0 Å². The van der Waals surface area contributed by atoms with E-state index in [1.165, 1.54) is 5.56 Å². The third-order valence-corrected chi connectivity index (χ3v) is 6.56. The maximum atomic E-state index is 12.7. The van der Waals surface area contributed by atoms with Crippen molar-refractivity contribution in [3.8, 4) is 0 Å². The van der Waals surface area contributed by atoms with Crippen LogP contribution < -0.4 is 26.2 Å². The highest BCUT2D eigenvalue weighted by molar-refractivity contribution is 5.96. The molecule has 7 heteroatoms. The summed E-state index contributed by atoms with van der Waals surface area (Å²) >= 11 is 0. The molecule has 4 rings (SSSR count). The second-order valence-electron chi connectivity index (χ2n) is 9.03. The van der Waals surface area contributed by atoms with Crippen molar-refractivity contribution < 1.29 is 9.59 Å². The summed E-state index contributed by atoms with van der Waals surface area (Å²) in [4.78, 5) is 26.5. The fourth-order valence-corrected chi connectivity index (χ4v) is 4.85. The predicted molar refractivity (Wildman–Crippen MR) is 128 cm³/mol. The molecule has 1 aliphatic carbocycles. The molecule has 4 amide bonds. The SMILES string of the molecule is CC(NC1(CNC(=O)Nc2cccc(N3C(=O)NCC3C)c2)CCCC1)c1ccccc1. The second-order valence-corrected chi connectivity index (χ2v) is 9.03. The zero-order valence-electron chi connectivity index (χ0n) is 18.9. The Morgan fingerprint density at radius 2 is 1.91 bits per heavy atom. The molecule has 4 N–H and O–H groups in total. The minimum absolute atomic E-state index is 0.0754. The van der Waals surface area contributed by atoms with Crippen molar-refractivity contribution in [2.75, 3.05) is 23.3 Å². The molecule has 2 aromatic rings. The first-order valence-corrected chi connectivity index (χ1v) is 11.5. The molecule has 2 fully saturated rings. The van der Waals surface area contributed by atoms with E-state index in [-0.39, 0.29) is 29.7 Å². The zero-order valence-corrected chi connectivity index (χ0v) is 18.9. The van der Waals surface area contributed by atoms with E-state index in [0.29, 0.717) is 18.8 Å². The number of nitrogens with zero attached hydrogens (tertiary/aromatic N) is 1. The lowest BCUT2D eigenvalue weighted by atomic mass is 9.94. The number of rotatable bonds is 7. The maximum Gasteiger partial charge on any atom is 0.322 e. The summed E-state index contributed by atoms with van der Waals surface area (Å²) in [5.74, 6) is 0. The normalized spacial score (nSPS) is 20.6. The van der Waals surface area contributed by atoms with Crippen molar-refractivity contribution in [3.05, 3.63) is 60.2 Å². The summed E-state index contributed by atoms with van der Waals surface area (Å²) < 4.78 is 0. The van der Waals surface area contributed by atoms with E-state index < -0.39 is 0 Å². The summed E-state index contributed by atoms with van der Waals surface area (Å²) in [5, 5.41) is 12.6. The molecule has 2 aromatic carbocycles. The van der Waals surface area contributed by atoms with Crippen LogP contribution in [0.4, 0.5) is 21.0 Å². The molecule has 32 heavy (non-hydrogen) atoms. The van der Waals surface area contributed by atoms with Gasteiger partial charge in [-0.05, 0) is 50.5 Å². The lowest BCUT2D eigenvalue weighted by Crippen LogP contribution is -2.53. The van der Waals surface area contributed by atoms with Gasteiger partial charge in [0.15, 0.2) is 0 Å². The van der Waals surface area contributed by atoms with E-state index in [4.69, 9.17) is 0 Å². The van der Waals surface area contributed by atoms with Crippen LogP contribution in [0.25, 0.3) is 0 Å². The van der Waals surface area contributed by atoms with Crippen LogP contribution in [0, 0.1) is 0 Å². The molecule has 1 saturated heterocycles. The van der Waals surface area contributed by atoms with Gasteiger partial charge in [0.2, 0.25) is 0 Å². The average Bonchev–Trinajstić information content (AvgIpc) is 3.39. The number of carbonyl (C=O) groups is 2. The van der Waals surface area contributed by atoms with Crippen LogP contribution in [0.2, 0.25) is 0 Å². The van der Waals surface area contributed by atoms with Gasteiger partial charge >= 0.3 is 12.1 Å². The topological polar surface area (TPSA) is 85.5 Å². The number of amides is 4.